The van der Waals surface area contributed by atoms with Crippen LogP contribution in [-0.2, 0) is 4.79 Å². The second-order valence-corrected chi connectivity index (χ2v) is 7.04. The maximum atomic E-state index is 13.2. The number of halogens is 2. The molecule has 2 amide bonds. The van der Waals surface area contributed by atoms with Crippen molar-refractivity contribution in [2.75, 3.05) is 25.0 Å². The van der Waals surface area contributed by atoms with Crippen LogP contribution in [0.2, 0.25) is 5.02 Å². The SMILES string of the molecule is Cc1ccoc1C(=O)NC1CCN(CC(=O)Nc2ccc(F)c(Cl)c2)CC1. The largest absolute Gasteiger partial charge is 0.459 e. The van der Waals surface area contributed by atoms with E-state index in [-0.39, 0.29) is 29.4 Å². The van der Waals surface area contributed by atoms with Crippen LogP contribution >= 0.6 is 11.6 Å². The van der Waals surface area contributed by atoms with E-state index in [1.807, 2.05) is 11.8 Å². The second kappa shape index (κ2) is 8.54. The molecule has 0 spiro atoms. The molecule has 1 aromatic heterocycles. The van der Waals surface area contributed by atoms with Crippen LogP contribution in [0.3, 0.4) is 0 Å². The van der Waals surface area contributed by atoms with Gasteiger partial charge < -0.3 is 15.1 Å². The molecular weight excluding hydrogens is 373 g/mol. The average Bonchev–Trinajstić information content (AvgIpc) is 3.06. The maximum Gasteiger partial charge on any atom is 0.287 e. The van der Waals surface area contributed by atoms with Gasteiger partial charge in [-0.3, -0.25) is 14.5 Å². The highest BCUT2D eigenvalue weighted by Gasteiger charge is 2.24. The zero-order valence-electron chi connectivity index (χ0n) is 14.9. The predicted octanol–water partition coefficient (Wildman–Crippen LogP) is 3.21. The number of hydrogen-bond acceptors (Lipinski definition) is 4. The van der Waals surface area contributed by atoms with Crippen LogP contribution < -0.4 is 10.6 Å². The number of rotatable bonds is 5. The molecule has 2 N–H and O–H groups in total. The summed E-state index contributed by atoms with van der Waals surface area (Å²) in [7, 11) is 0. The summed E-state index contributed by atoms with van der Waals surface area (Å²) < 4.78 is 18.4. The van der Waals surface area contributed by atoms with Gasteiger partial charge in [0.2, 0.25) is 5.91 Å². The molecule has 2 heterocycles. The molecule has 1 saturated heterocycles. The summed E-state index contributed by atoms with van der Waals surface area (Å²) in [6.07, 6.45) is 3.00. The number of nitrogens with one attached hydrogen (secondary N) is 2. The fraction of sp³-hybridized carbons (Fsp3) is 0.368. The Morgan fingerprint density at radius 2 is 2.04 bits per heavy atom. The number of aryl methyl sites for hydroxylation is 1. The first-order valence-corrected chi connectivity index (χ1v) is 9.12. The molecule has 0 radical (unpaired) electrons. The van der Waals surface area contributed by atoms with Gasteiger partial charge in [-0.2, -0.15) is 0 Å². The van der Waals surface area contributed by atoms with Crippen LogP contribution in [0.4, 0.5) is 10.1 Å². The van der Waals surface area contributed by atoms with E-state index in [9.17, 15) is 14.0 Å². The molecule has 1 aromatic carbocycles. The molecule has 0 saturated carbocycles. The number of benzene rings is 1. The minimum atomic E-state index is -0.525. The van der Waals surface area contributed by atoms with Gasteiger partial charge in [-0.25, -0.2) is 4.39 Å². The minimum Gasteiger partial charge on any atom is -0.459 e. The number of amides is 2. The second-order valence-electron chi connectivity index (χ2n) is 6.63. The topological polar surface area (TPSA) is 74.6 Å². The Morgan fingerprint density at radius 3 is 2.67 bits per heavy atom. The Labute approximate surface area is 161 Å². The minimum absolute atomic E-state index is 0.0313. The number of nitrogens with zero attached hydrogens (tertiary/aromatic N) is 1. The van der Waals surface area contributed by atoms with E-state index < -0.39 is 5.82 Å². The summed E-state index contributed by atoms with van der Waals surface area (Å²) in [6.45, 7) is 3.44. The number of hydrogen-bond donors (Lipinski definition) is 2. The molecule has 27 heavy (non-hydrogen) atoms. The first-order chi connectivity index (χ1) is 12.9. The molecule has 0 aliphatic carbocycles. The van der Waals surface area contributed by atoms with E-state index in [2.05, 4.69) is 10.6 Å². The summed E-state index contributed by atoms with van der Waals surface area (Å²) in [6, 6.07) is 5.87. The number of carbonyl (C=O) groups excluding carboxylic acids is 2. The van der Waals surface area contributed by atoms with Gasteiger partial charge in [0.25, 0.3) is 5.91 Å². The standard InChI is InChI=1S/C19H21ClFN3O3/c1-12-6-9-27-18(12)19(26)23-13-4-7-24(8-5-13)11-17(25)22-14-2-3-16(21)15(20)10-14/h2-3,6,9-10,13H,4-5,7-8,11H2,1H3,(H,22,25)(H,23,26). The van der Waals surface area contributed by atoms with Crippen LogP contribution in [0.1, 0.15) is 29.0 Å². The van der Waals surface area contributed by atoms with Crippen LogP contribution in [0.5, 0.6) is 0 Å². The van der Waals surface area contributed by atoms with E-state index in [1.165, 1.54) is 24.5 Å². The van der Waals surface area contributed by atoms with Crippen LogP contribution in [0, 0.1) is 12.7 Å². The lowest BCUT2D eigenvalue weighted by Crippen LogP contribution is -2.46. The molecule has 1 aliphatic heterocycles. The summed E-state index contributed by atoms with van der Waals surface area (Å²) in [5, 5.41) is 5.66. The number of likely N-dealkylation sites (tertiary alicyclic amines) is 1. The Bertz CT molecular complexity index is 831. The lowest BCUT2D eigenvalue weighted by Gasteiger charge is -2.31. The van der Waals surface area contributed by atoms with E-state index in [4.69, 9.17) is 16.0 Å². The van der Waals surface area contributed by atoms with Gasteiger partial charge >= 0.3 is 0 Å². The molecule has 0 bridgehead atoms. The van der Waals surface area contributed by atoms with Gasteiger partial charge in [-0.1, -0.05) is 11.6 Å². The Balaban J connectivity index is 1.43. The van der Waals surface area contributed by atoms with E-state index >= 15 is 0 Å². The third-order valence-corrected chi connectivity index (χ3v) is 4.85. The quantitative estimate of drug-likeness (QED) is 0.818. The number of furan rings is 1. The Morgan fingerprint density at radius 1 is 1.30 bits per heavy atom. The molecule has 0 atom stereocenters. The van der Waals surface area contributed by atoms with Crippen LogP contribution in [0.25, 0.3) is 0 Å². The van der Waals surface area contributed by atoms with Gasteiger partial charge in [0, 0.05) is 30.4 Å². The highest BCUT2D eigenvalue weighted by molar-refractivity contribution is 6.31. The normalized spacial score (nSPS) is 15.5. The number of piperidine rings is 1. The summed E-state index contributed by atoms with van der Waals surface area (Å²) in [4.78, 5) is 26.4. The smallest absolute Gasteiger partial charge is 0.287 e. The third-order valence-electron chi connectivity index (χ3n) is 4.56. The molecule has 3 rings (SSSR count). The van der Waals surface area contributed by atoms with Crippen molar-refractivity contribution in [3.63, 3.8) is 0 Å². The van der Waals surface area contributed by atoms with Crippen LogP contribution in [0.15, 0.2) is 34.9 Å². The fourth-order valence-corrected chi connectivity index (χ4v) is 3.25. The molecule has 1 aliphatic rings. The summed E-state index contributed by atoms with van der Waals surface area (Å²) in [5.41, 5.74) is 1.27. The fourth-order valence-electron chi connectivity index (χ4n) is 3.07. The number of anilines is 1. The van der Waals surface area contributed by atoms with Crippen molar-refractivity contribution in [2.24, 2.45) is 0 Å². The van der Waals surface area contributed by atoms with Crippen molar-refractivity contribution in [3.05, 3.63) is 52.7 Å². The molecular formula is C19H21ClFN3O3. The summed E-state index contributed by atoms with van der Waals surface area (Å²) >= 11 is 5.72. The Hall–Kier alpha value is -2.38. The van der Waals surface area contributed by atoms with Gasteiger partial charge in [0.15, 0.2) is 5.76 Å². The first kappa shape index (κ1) is 19.4. The van der Waals surface area contributed by atoms with E-state index in [1.54, 1.807) is 6.07 Å². The van der Waals surface area contributed by atoms with Gasteiger partial charge in [-0.15, -0.1) is 0 Å². The monoisotopic (exact) mass is 393 g/mol. The van der Waals surface area contributed by atoms with Gasteiger partial charge in [0.1, 0.15) is 5.82 Å². The number of carbonyl (C=O) groups is 2. The van der Waals surface area contributed by atoms with E-state index in [0.717, 1.165) is 18.4 Å². The molecule has 8 heteroatoms. The zero-order valence-corrected chi connectivity index (χ0v) is 15.7. The van der Waals surface area contributed by atoms with Crippen molar-refractivity contribution in [3.8, 4) is 0 Å². The van der Waals surface area contributed by atoms with Crippen molar-refractivity contribution in [1.29, 1.82) is 0 Å². The molecule has 1 fully saturated rings. The van der Waals surface area contributed by atoms with E-state index in [0.29, 0.717) is 24.5 Å². The maximum absolute atomic E-state index is 13.2. The summed E-state index contributed by atoms with van der Waals surface area (Å²) in [5.74, 6) is -0.577. The zero-order chi connectivity index (χ0) is 19.4. The van der Waals surface area contributed by atoms with Crippen molar-refractivity contribution < 1.29 is 18.4 Å². The van der Waals surface area contributed by atoms with Gasteiger partial charge in [-0.05, 0) is 44.0 Å². The lowest BCUT2D eigenvalue weighted by atomic mass is 10.0. The molecule has 2 aromatic rings. The molecule has 0 unspecified atom stereocenters. The molecule has 144 valence electrons. The van der Waals surface area contributed by atoms with Crippen molar-refractivity contribution >= 4 is 29.1 Å². The van der Waals surface area contributed by atoms with Gasteiger partial charge in [0.05, 0.1) is 17.8 Å². The lowest BCUT2D eigenvalue weighted by molar-refractivity contribution is -0.117. The third kappa shape index (κ3) is 5.08. The Kier molecular flexibility index (Phi) is 6.13. The predicted molar refractivity (Wildman–Crippen MR) is 100 cm³/mol. The highest BCUT2D eigenvalue weighted by Crippen LogP contribution is 2.19. The molecule has 6 nitrogen and oxygen atoms in total. The van der Waals surface area contributed by atoms with Crippen LogP contribution in [-0.4, -0.2) is 42.4 Å². The first-order valence-electron chi connectivity index (χ1n) is 8.74. The average molecular weight is 394 g/mol. The van der Waals surface area contributed by atoms with Crippen molar-refractivity contribution in [2.45, 2.75) is 25.8 Å². The highest BCUT2D eigenvalue weighted by atomic mass is 35.5. The van der Waals surface area contributed by atoms with Crippen molar-refractivity contribution in [1.82, 2.24) is 10.2 Å².